The molecule has 0 atom stereocenters. The van der Waals surface area contributed by atoms with Gasteiger partial charge >= 0.3 is 0 Å². The molecule has 1 aromatic rings. The van der Waals surface area contributed by atoms with Crippen LogP contribution < -0.4 is 10.1 Å². The molecule has 0 saturated carbocycles. The van der Waals surface area contributed by atoms with Crippen LogP contribution in [0.2, 0.25) is 0 Å². The van der Waals surface area contributed by atoms with Crippen LogP contribution in [0.1, 0.15) is 12.5 Å². The van der Waals surface area contributed by atoms with Crippen LogP contribution in [-0.2, 0) is 11.3 Å². The third-order valence-electron chi connectivity index (χ3n) is 2.87. The molecular weight excluding hydrogens is 240 g/mol. The molecule has 19 heavy (non-hydrogen) atoms. The molecule has 0 bridgehead atoms. The lowest BCUT2D eigenvalue weighted by Crippen LogP contribution is -2.27. The molecule has 1 aromatic carbocycles. The van der Waals surface area contributed by atoms with Crippen molar-refractivity contribution < 1.29 is 9.47 Å². The maximum absolute atomic E-state index is 5.71. The van der Waals surface area contributed by atoms with E-state index in [1.54, 1.807) is 0 Å². The van der Waals surface area contributed by atoms with Crippen LogP contribution in [0.25, 0.3) is 0 Å². The van der Waals surface area contributed by atoms with Crippen LogP contribution in [0.5, 0.6) is 5.75 Å². The zero-order valence-electron chi connectivity index (χ0n) is 12.3. The standard InChI is InChI=1S/C15H26N2O2/c1-4-18-11-9-17(3)10-12-19-15-7-5-14(6-8-15)13-16-2/h5-8,16H,4,9-13H2,1-3H3. The Hall–Kier alpha value is -1.10. The number of hydrogen-bond donors (Lipinski definition) is 1. The first kappa shape index (κ1) is 16.0. The molecule has 0 amide bonds. The van der Waals surface area contributed by atoms with Gasteiger partial charge in [-0.1, -0.05) is 12.1 Å². The number of ether oxygens (including phenoxy) is 2. The second-order valence-corrected chi connectivity index (χ2v) is 4.52. The highest BCUT2D eigenvalue weighted by atomic mass is 16.5. The third kappa shape index (κ3) is 7.15. The molecule has 0 radical (unpaired) electrons. The first-order valence-electron chi connectivity index (χ1n) is 6.89. The van der Waals surface area contributed by atoms with Crippen LogP contribution in [0.4, 0.5) is 0 Å². The van der Waals surface area contributed by atoms with Gasteiger partial charge in [-0.3, -0.25) is 0 Å². The van der Waals surface area contributed by atoms with E-state index in [1.165, 1.54) is 5.56 Å². The molecule has 0 spiro atoms. The Labute approximate surface area is 116 Å². The van der Waals surface area contributed by atoms with Gasteiger partial charge in [0.2, 0.25) is 0 Å². The van der Waals surface area contributed by atoms with Gasteiger partial charge < -0.3 is 19.7 Å². The van der Waals surface area contributed by atoms with Crippen molar-refractivity contribution >= 4 is 0 Å². The monoisotopic (exact) mass is 266 g/mol. The summed E-state index contributed by atoms with van der Waals surface area (Å²) in [5.74, 6) is 0.929. The van der Waals surface area contributed by atoms with Crippen LogP contribution in [0, 0.1) is 0 Å². The van der Waals surface area contributed by atoms with E-state index in [1.807, 2.05) is 26.1 Å². The summed E-state index contributed by atoms with van der Waals surface area (Å²) in [5.41, 5.74) is 1.27. The highest BCUT2D eigenvalue weighted by Crippen LogP contribution is 2.11. The topological polar surface area (TPSA) is 33.7 Å². The van der Waals surface area contributed by atoms with Gasteiger partial charge in [0, 0.05) is 26.2 Å². The normalized spacial score (nSPS) is 10.9. The van der Waals surface area contributed by atoms with Crippen molar-refractivity contribution in [3.63, 3.8) is 0 Å². The van der Waals surface area contributed by atoms with Gasteiger partial charge in [-0.15, -0.1) is 0 Å². The minimum absolute atomic E-state index is 0.702. The summed E-state index contributed by atoms with van der Waals surface area (Å²) >= 11 is 0. The Morgan fingerprint density at radius 3 is 2.42 bits per heavy atom. The van der Waals surface area contributed by atoms with Crippen molar-refractivity contribution in [2.24, 2.45) is 0 Å². The smallest absolute Gasteiger partial charge is 0.119 e. The molecule has 4 heteroatoms. The van der Waals surface area contributed by atoms with Crippen molar-refractivity contribution in [1.29, 1.82) is 0 Å². The number of nitrogens with one attached hydrogen (secondary N) is 1. The van der Waals surface area contributed by atoms with Crippen molar-refractivity contribution in [3.05, 3.63) is 29.8 Å². The molecule has 0 aliphatic rings. The Bertz CT molecular complexity index is 327. The van der Waals surface area contributed by atoms with E-state index in [0.29, 0.717) is 6.61 Å². The van der Waals surface area contributed by atoms with Gasteiger partial charge in [0.25, 0.3) is 0 Å². The average molecular weight is 266 g/mol. The van der Waals surface area contributed by atoms with Gasteiger partial charge in [0.05, 0.1) is 6.61 Å². The van der Waals surface area contributed by atoms with Crippen molar-refractivity contribution in [2.75, 3.05) is 47.0 Å². The highest BCUT2D eigenvalue weighted by molar-refractivity contribution is 5.27. The SMILES string of the molecule is CCOCCN(C)CCOc1ccc(CNC)cc1. The van der Waals surface area contributed by atoms with Gasteiger partial charge in [0.15, 0.2) is 0 Å². The fourth-order valence-corrected chi connectivity index (χ4v) is 1.70. The molecule has 0 saturated heterocycles. The second kappa shape index (κ2) is 9.78. The fraction of sp³-hybridized carbons (Fsp3) is 0.600. The van der Waals surface area contributed by atoms with Gasteiger partial charge in [-0.2, -0.15) is 0 Å². The average Bonchev–Trinajstić information content (AvgIpc) is 2.41. The summed E-state index contributed by atoms with van der Waals surface area (Å²) in [4.78, 5) is 2.21. The van der Waals surface area contributed by atoms with Crippen molar-refractivity contribution in [2.45, 2.75) is 13.5 Å². The third-order valence-corrected chi connectivity index (χ3v) is 2.87. The lowest BCUT2D eigenvalue weighted by Gasteiger charge is -2.16. The summed E-state index contributed by atoms with van der Waals surface area (Å²) < 4.78 is 11.0. The number of benzene rings is 1. The number of nitrogens with zero attached hydrogens (tertiary/aromatic N) is 1. The Kier molecular flexibility index (Phi) is 8.21. The maximum atomic E-state index is 5.71. The molecule has 0 aliphatic carbocycles. The van der Waals surface area contributed by atoms with Crippen LogP contribution >= 0.6 is 0 Å². The minimum atomic E-state index is 0.702. The highest BCUT2D eigenvalue weighted by Gasteiger charge is 1.99. The molecule has 0 heterocycles. The zero-order valence-corrected chi connectivity index (χ0v) is 12.3. The zero-order chi connectivity index (χ0) is 13.9. The summed E-state index contributed by atoms with van der Waals surface area (Å²) in [7, 11) is 4.03. The Morgan fingerprint density at radius 1 is 1.11 bits per heavy atom. The molecule has 1 N–H and O–H groups in total. The Balaban J connectivity index is 2.17. The summed E-state index contributed by atoms with van der Waals surface area (Å²) in [5, 5.41) is 3.13. The maximum Gasteiger partial charge on any atom is 0.119 e. The fourth-order valence-electron chi connectivity index (χ4n) is 1.70. The van der Waals surface area contributed by atoms with Crippen LogP contribution in [0.15, 0.2) is 24.3 Å². The minimum Gasteiger partial charge on any atom is -0.492 e. The lowest BCUT2D eigenvalue weighted by molar-refractivity contribution is 0.116. The predicted octanol–water partition coefficient (Wildman–Crippen LogP) is 1.75. The van der Waals surface area contributed by atoms with Gasteiger partial charge in [-0.05, 0) is 38.7 Å². The molecule has 0 aromatic heterocycles. The van der Waals surface area contributed by atoms with Gasteiger partial charge in [-0.25, -0.2) is 0 Å². The number of likely N-dealkylation sites (N-methyl/N-ethyl adjacent to an activating group) is 1. The Morgan fingerprint density at radius 2 is 1.79 bits per heavy atom. The number of hydrogen-bond acceptors (Lipinski definition) is 4. The first-order chi connectivity index (χ1) is 9.26. The summed E-state index contributed by atoms with van der Waals surface area (Å²) in [6.45, 7) is 7.02. The van der Waals surface area contributed by atoms with E-state index >= 15 is 0 Å². The van der Waals surface area contributed by atoms with E-state index in [4.69, 9.17) is 9.47 Å². The molecule has 0 unspecified atom stereocenters. The predicted molar refractivity (Wildman–Crippen MR) is 78.7 cm³/mol. The molecule has 4 nitrogen and oxygen atoms in total. The second-order valence-electron chi connectivity index (χ2n) is 4.52. The van der Waals surface area contributed by atoms with Gasteiger partial charge in [0.1, 0.15) is 12.4 Å². The quantitative estimate of drug-likeness (QED) is 0.654. The summed E-state index contributed by atoms with van der Waals surface area (Å²) in [6, 6.07) is 8.22. The van der Waals surface area contributed by atoms with Crippen LogP contribution in [-0.4, -0.2) is 51.9 Å². The molecular formula is C15H26N2O2. The number of rotatable bonds is 10. The molecule has 1 rings (SSSR count). The summed E-state index contributed by atoms with van der Waals surface area (Å²) in [6.07, 6.45) is 0. The van der Waals surface area contributed by atoms with Crippen molar-refractivity contribution in [1.82, 2.24) is 10.2 Å². The van der Waals surface area contributed by atoms with E-state index in [9.17, 15) is 0 Å². The van der Waals surface area contributed by atoms with E-state index in [-0.39, 0.29) is 0 Å². The van der Waals surface area contributed by atoms with Crippen LogP contribution in [0.3, 0.4) is 0 Å². The first-order valence-corrected chi connectivity index (χ1v) is 6.89. The lowest BCUT2D eigenvalue weighted by atomic mass is 10.2. The largest absolute Gasteiger partial charge is 0.492 e. The van der Waals surface area contributed by atoms with E-state index < -0.39 is 0 Å². The molecule has 0 aliphatic heterocycles. The molecule has 0 fully saturated rings. The van der Waals surface area contributed by atoms with E-state index in [0.717, 1.165) is 38.6 Å². The van der Waals surface area contributed by atoms with E-state index in [2.05, 4.69) is 29.4 Å². The molecule has 108 valence electrons. The van der Waals surface area contributed by atoms with Crippen molar-refractivity contribution in [3.8, 4) is 5.75 Å².